The van der Waals surface area contributed by atoms with Gasteiger partial charge in [-0.3, -0.25) is 0 Å². The van der Waals surface area contributed by atoms with Crippen LogP contribution in [0.15, 0.2) is 24.3 Å². The van der Waals surface area contributed by atoms with Crippen molar-refractivity contribution in [3.05, 3.63) is 24.3 Å². The van der Waals surface area contributed by atoms with Crippen LogP contribution in [0.25, 0.3) is 0 Å². The van der Waals surface area contributed by atoms with Crippen molar-refractivity contribution >= 4 is 5.97 Å². The summed E-state index contributed by atoms with van der Waals surface area (Å²) in [5.41, 5.74) is -0.0761. The van der Waals surface area contributed by atoms with Gasteiger partial charge in [0.2, 0.25) is 0 Å². The van der Waals surface area contributed by atoms with Gasteiger partial charge in [0.1, 0.15) is 0 Å². The summed E-state index contributed by atoms with van der Waals surface area (Å²) in [7, 11) is 0. The molecule has 0 radical (unpaired) electrons. The number of hydrogen-bond acceptors (Lipinski definition) is 3. The highest BCUT2D eigenvalue weighted by Crippen LogP contribution is 2.38. The van der Waals surface area contributed by atoms with Crippen molar-refractivity contribution in [3.8, 4) is 0 Å². The van der Waals surface area contributed by atoms with Crippen LogP contribution in [-0.2, 0) is 14.3 Å². The molecule has 0 amide bonds. The zero-order valence-electron chi connectivity index (χ0n) is 9.53. The molecule has 2 atom stereocenters. The molecule has 0 spiro atoms. The van der Waals surface area contributed by atoms with Crippen LogP contribution in [-0.4, -0.2) is 24.3 Å². The van der Waals surface area contributed by atoms with E-state index in [0.717, 1.165) is 6.42 Å². The van der Waals surface area contributed by atoms with Crippen molar-refractivity contribution < 1.29 is 14.3 Å². The van der Waals surface area contributed by atoms with E-state index in [9.17, 15) is 4.79 Å². The molecule has 1 aliphatic rings. The Kier molecular flexibility index (Phi) is 4.09. The van der Waals surface area contributed by atoms with Crippen molar-refractivity contribution in [2.24, 2.45) is 0 Å². The number of carbonyl (C=O) groups is 1. The summed E-state index contributed by atoms with van der Waals surface area (Å²) < 4.78 is 10.4. The standard InChI is InChI=1S/C12H18O3/c1-4-5-6-7-11(13)14-9-8-12(3)10(2)15-12/h4-7,10H,8-9H2,1-3H3/b5-4+,7-6+. The highest BCUT2D eigenvalue weighted by atomic mass is 16.6. The molecule has 1 rings (SSSR count). The number of allylic oxidation sites excluding steroid dienone is 3. The Labute approximate surface area is 90.8 Å². The fourth-order valence-electron chi connectivity index (χ4n) is 1.28. The highest BCUT2D eigenvalue weighted by Gasteiger charge is 2.48. The van der Waals surface area contributed by atoms with Crippen LogP contribution < -0.4 is 0 Å². The van der Waals surface area contributed by atoms with Crippen LogP contribution >= 0.6 is 0 Å². The third-order valence-corrected chi connectivity index (χ3v) is 2.63. The summed E-state index contributed by atoms with van der Waals surface area (Å²) in [6.07, 6.45) is 7.77. The predicted molar refractivity (Wildman–Crippen MR) is 58.5 cm³/mol. The van der Waals surface area contributed by atoms with E-state index < -0.39 is 0 Å². The van der Waals surface area contributed by atoms with Crippen LogP contribution in [0.5, 0.6) is 0 Å². The van der Waals surface area contributed by atoms with Crippen LogP contribution in [0.2, 0.25) is 0 Å². The summed E-state index contributed by atoms with van der Waals surface area (Å²) in [4.78, 5) is 11.1. The van der Waals surface area contributed by atoms with Crippen molar-refractivity contribution in [2.75, 3.05) is 6.61 Å². The average molecular weight is 210 g/mol. The Bertz CT molecular complexity index is 281. The third-order valence-electron chi connectivity index (χ3n) is 2.63. The Morgan fingerprint density at radius 1 is 1.53 bits per heavy atom. The third kappa shape index (κ3) is 3.88. The van der Waals surface area contributed by atoms with Gasteiger partial charge in [-0.1, -0.05) is 18.2 Å². The van der Waals surface area contributed by atoms with Gasteiger partial charge in [-0.05, 0) is 20.8 Å². The first kappa shape index (κ1) is 12.0. The van der Waals surface area contributed by atoms with E-state index in [1.165, 1.54) is 6.08 Å². The van der Waals surface area contributed by atoms with Gasteiger partial charge >= 0.3 is 5.97 Å². The first-order valence-electron chi connectivity index (χ1n) is 5.22. The van der Waals surface area contributed by atoms with E-state index in [2.05, 4.69) is 0 Å². The molecule has 1 heterocycles. The monoisotopic (exact) mass is 210 g/mol. The maximum Gasteiger partial charge on any atom is 0.330 e. The molecule has 0 aromatic heterocycles. The molecule has 0 saturated carbocycles. The Morgan fingerprint density at radius 2 is 2.20 bits per heavy atom. The zero-order chi connectivity index (χ0) is 11.3. The van der Waals surface area contributed by atoms with Gasteiger partial charge in [0, 0.05) is 12.5 Å². The predicted octanol–water partition coefficient (Wildman–Crippen LogP) is 2.23. The minimum Gasteiger partial charge on any atom is -0.462 e. The molecule has 1 saturated heterocycles. The second-order valence-corrected chi connectivity index (χ2v) is 3.88. The normalized spacial score (nSPS) is 29.9. The van der Waals surface area contributed by atoms with Gasteiger partial charge in [0.25, 0.3) is 0 Å². The van der Waals surface area contributed by atoms with Gasteiger partial charge in [0.05, 0.1) is 18.3 Å². The fraction of sp³-hybridized carbons (Fsp3) is 0.583. The van der Waals surface area contributed by atoms with Gasteiger partial charge < -0.3 is 9.47 Å². The number of rotatable bonds is 5. The van der Waals surface area contributed by atoms with Crippen molar-refractivity contribution in [3.63, 3.8) is 0 Å². The molecular formula is C12H18O3. The summed E-state index contributed by atoms with van der Waals surface area (Å²) in [5.74, 6) is -0.301. The topological polar surface area (TPSA) is 38.8 Å². The lowest BCUT2D eigenvalue weighted by Crippen LogP contribution is -2.13. The largest absolute Gasteiger partial charge is 0.462 e. The van der Waals surface area contributed by atoms with E-state index in [4.69, 9.17) is 9.47 Å². The lowest BCUT2D eigenvalue weighted by Gasteiger charge is -2.05. The molecule has 84 valence electrons. The SMILES string of the molecule is C/C=C/C=C/C(=O)OCCC1(C)OC1C. The number of ether oxygens (including phenoxy) is 2. The number of esters is 1. The average Bonchev–Trinajstić information content (AvgIpc) is 2.75. The van der Waals surface area contributed by atoms with E-state index in [-0.39, 0.29) is 17.7 Å². The Hall–Kier alpha value is -1.09. The Morgan fingerprint density at radius 3 is 2.73 bits per heavy atom. The van der Waals surface area contributed by atoms with Crippen molar-refractivity contribution in [1.82, 2.24) is 0 Å². The number of hydrogen-bond donors (Lipinski definition) is 0. The van der Waals surface area contributed by atoms with E-state index in [0.29, 0.717) is 6.61 Å². The lowest BCUT2D eigenvalue weighted by atomic mass is 10.1. The summed E-state index contributed by atoms with van der Waals surface area (Å²) in [6.45, 7) is 6.36. The minimum absolute atomic E-state index is 0.0761. The van der Waals surface area contributed by atoms with Crippen LogP contribution in [0, 0.1) is 0 Å². The molecule has 0 aromatic carbocycles. The Balaban J connectivity index is 2.12. The maximum absolute atomic E-state index is 11.1. The van der Waals surface area contributed by atoms with Crippen molar-refractivity contribution in [1.29, 1.82) is 0 Å². The zero-order valence-corrected chi connectivity index (χ0v) is 9.53. The molecule has 15 heavy (non-hydrogen) atoms. The van der Waals surface area contributed by atoms with Gasteiger partial charge in [-0.2, -0.15) is 0 Å². The quantitative estimate of drug-likeness (QED) is 0.302. The second-order valence-electron chi connectivity index (χ2n) is 3.88. The van der Waals surface area contributed by atoms with E-state index in [1.54, 1.807) is 12.2 Å². The van der Waals surface area contributed by atoms with Crippen LogP contribution in [0.4, 0.5) is 0 Å². The molecular weight excluding hydrogens is 192 g/mol. The highest BCUT2D eigenvalue weighted by molar-refractivity contribution is 5.82. The molecule has 0 aromatic rings. The molecule has 0 aliphatic carbocycles. The van der Waals surface area contributed by atoms with E-state index >= 15 is 0 Å². The lowest BCUT2D eigenvalue weighted by molar-refractivity contribution is -0.138. The van der Waals surface area contributed by atoms with Gasteiger partial charge in [-0.15, -0.1) is 0 Å². The summed E-state index contributed by atoms with van der Waals surface area (Å²) in [6, 6.07) is 0. The molecule has 1 aliphatic heterocycles. The van der Waals surface area contributed by atoms with Crippen LogP contribution in [0.3, 0.4) is 0 Å². The fourth-order valence-corrected chi connectivity index (χ4v) is 1.28. The van der Waals surface area contributed by atoms with E-state index in [1.807, 2.05) is 26.8 Å². The minimum atomic E-state index is -0.301. The molecule has 3 heteroatoms. The van der Waals surface area contributed by atoms with Gasteiger partial charge in [-0.25, -0.2) is 4.79 Å². The molecule has 0 bridgehead atoms. The smallest absolute Gasteiger partial charge is 0.330 e. The number of carbonyl (C=O) groups excluding carboxylic acids is 1. The summed E-state index contributed by atoms with van der Waals surface area (Å²) >= 11 is 0. The number of epoxide rings is 1. The van der Waals surface area contributed by atoms with Gasteiger partial charge in [0.15, 0.2) is 0 Å². The second kappa shape index (κ2) is 5.12. The first-order chi connectivity index (χ1) is 7.08. The van der Waals surface area contributed by atoms with Crippen molar-refractivity contribution in [2.45, 2.75) is 38.9 Å². The molecule has 0 N–H and O–H groups in total. The molecule has 3 nitrogen and oxygen atoms in total. The summed E-state index contributed by atoms with van der Waals surface area (Å²) in [5, 5.41) is 0. The first-order valence-corrected chi connectivity index (χ1v) is 5.22. The molecule has 2 unspecified atom stereocenters. The van der Waals surface area contributed by atoms with Crippen LogP contribution in [0.1, 0.15) is 27.2 Å². The maximum atomic E-state index is 11.1. The molecule has 1 fully saturated rings.